The number of nitrogens with one attached hydrogen (secondary N) is 5. The van der Waals surface area contributed by atoms with Crippen LogP contribution in [-0.4, -0.2) is 84.0 Å². The lowest BCUT2D eigenvalue weighted by Gasteiger charge is -2.23. The van der Waals surface area contributed by atoms with Gasteiger partial charge in [0.05, 0.1) is 25.1 Å². The van der Waals surface area contributed by atoms with E-state index in [-0.39, 0.29) is 12.8 Å². The first-order valence-electron chi connectivity index (χ1n) is 10.1. The number of imidazole rings is 2. The van der Waals surface area contributed by atoms with Crippen molar-refractivity contribution in [3.8, 4) is 0 Å². The largest absolute Gasteiger partial charge is 0.481 e. The number of carbonyl (C=O) groups excluding carboxylic acids is 3. The van der Waals surface area contributed by atoms with Crippen LogP contribution in [-0.2, 0) is 36.8 Å². The number of nitrogens with zero attached hydrogens (tertiary/aromatic N) is 2. The van der Waals surface area contributed by atoms with Gasteiger partial charge in [0, 0.05) is 36.6 Å². The van der Waals surface area contributed by atoms with Crippen molar-refractivity contribution in [1.82, 2.24) is 35.9 Å². The third-order valence-electron chi connectivity index (χ3n) is 4.69. The second-order valence-electron chi connectivity index (χ2n) is 7.46. The summed E-state index contributed by atoms with van der Waals surface area (Å²) in [5.74, 6) is -5.24. The second kappa shape index (κ2) is 12.1. The summed E-state index contributed by atoms with van der Waals surface area (Å²) in [5.41, 5.74) is 7.07. The summed E-state index contributed by atoms with van der Waals surface area (Å²) in [6, 6.07) is -5.05. The van der Waals surface area contributed by atoms with Crippen molar-refractivity contribution in [2.45, 2.75) is 50.4 Å². The van der Waals surface area contributed by atoms with E-state index in [9.17, 15) is 24.0 Å². The van der Waals surface area contributed by atoms with E-state index in [1.165, 1.54) is 32.0 Å². The highest BCUT2D eigenvalue weighted by atomic mass is 16.4. The molecule has 0 spiro atoms. The van der Waals surface area contributed by atoms with Gasteiger partial charge in [-0.3, -0.25) is 19.2 Å². The van der Waals surface area contributed by atoms with Gasteiger partial charge in [0.2, 0.25) is 17.7 Å². The number of aliphatic carboxylic acids is 2. The van der Waals surface area contributed by atoms with Gasteiger partial charge in [-0.1, -0.05) is 0 Å². The molecule has 3 amide bonds. The van der Waals surface area contributed by atoms with Crippen LogP contribution in [0.25, 0.3) is 0 Å². The Labute approximate surface area is 192 Å². The molecule has 0 aliphatic heterocycles. The molecular formula is C19H26N8O7. The number of carboxylic acid groups (broad SMARTS) is 2. The standard InChI is InChI=1S/C19H26N8O7/c1-9(16(30)27-14(19(33)34)4-15(28)29)25-18(32)13(3-11-6-22-8-24-11)26-17(31)12(20)2-10-5-21-7-23-10/h5-9,12-14H,2-4,20H2,1H3,(H,21,23)(H,22,24)(H,25,32)(H,26,31)(H,27,30)(H,28,29)(H,33,34). The van der Waals surface area contributed by atoms with Gasteiger partial charge in [0.15, 0.2) is 0 Å². The molecule has 184 valence electrons. The monoisotopic (exact) mass is 478 g/mol. The Morgan fingerprint density at radius 1 is 0.882 bits per heavy atom. The summed E-state index contributed by atoms with van der Waals surface area (Å²) < 4.78 is 0. The highest BCUT2D eigenvalue weighted by Crippen LogP contribution is 2.03. The molecule has 0 aliphatic rings. The predicted molar refractivity (Wildman–Crippen MR) is 114 cm³/mol. The van der Waals surface area contributed by atoms with Gasteiger partial charge in [-0.25, -0.2) is 14.8 Å². The summed E-state index contributed by atoms with van der Waals surface area (Å²) >= 11 is 0. The van der Waals surface area contributed by atoms with Crippen molar-refractivity contribution in [3.63, 3.8) is 0 Å². The number of rotatable bonds is 13. The summed E-state index contributed by atoms with van der Waals surface area (Å²) in [4.78, 5) is 73.0. The van der Waals surface area contributed by atoms with E-state index >= 15 is 0 Å². The van der Waals surface area contributed by atoms with E-state index in [0.29, 0.717) is 11.4 Å². The number of carbonyl (C=O) groups is 5. The Morgan fingerprint density at radius 2 is 1.44 bits per heavy atom. The number of amides is 3. The van der Waals surface area contributed by atoms with Gasteiger partial charge in [-0.05, 0) is 6.92 Å². The zero-order valence-electron chi connectivity index (χ0n) is 18.1. The van der Waals surface area contributed by atoms with E-state index in [0.717, 1.165) is 0 Å². The molecule has 4 atom stereocenters. The molecule has 2 aromatic heterocycles. The molecule has 9 N–H and O–H groups in total. The van der Waals surface area contributed by atoms with Gasteiger partial charge in [0.1, 0.15) is 18.1 Å². The molecule has 2 rings (SSSR count). The maximum absolute atomic E-state index is 12.8. The molecule has 15 heteroatoms. The summed E-state index contributed by atoms with van der Waals surface area (Å²) in [6.45, 7) is 1.28. The SMILES string of the molecule is CC(NC(=O)C(Cc1cnc[nH]1)NC(=O)C(N)Cc1cnc[nH]1)C(=O)NC(CC(=O)O)C(=O)O. The fraction of sp³-hybridized carbons (Fsp3) is 0.421. The molecule has 0 saturated heterocycles. The van der Waals surface area contributed by atoms with Crippen molar-refractivity contribution in [2.75, 3.05) is 0 Å². The van der Waals surface area contributed by atoms with Crippen LogP contribution in [0, 0.1) is 0 Å². The minimum atomic E-state index is -1.68. The van der Waals surface area contributed by atoms with Crippen LogP contribution in [0.3, 0.4) is 0 Å². The molecule has 0 aliphatic carbocycles. The molecule has 0 fully saturated rings. The van der Waals surface area contributed by atoms with Crippen molar-refractivity contribution in [3.05, 3.63) is 36.4 Å². The van der Waals surface area contributed by atoms with E-state index in [2.05, 4.69) is 35.9 Å². The molecule has 0 saturated carbocycles. The fourth-order valence-corrected chi connectivity index (χ4v) is 2.88. The van der Waals surface area contributed by atoms with Gasteiger partial charge < -0.3 is 41.9 Å². The van der Waals surface area contributed by atoms with Crippen LogP contribution in [0.15, 0.2) is 25.0 Å². The topological polar surface area (TPSA) is 245 Å². The van der Waals surface area contributed by atoms with E-state index in [1.807, 2.05) is 0 Å². The van der Waals surface area contributed by atoms with Crippen molar-refractivity contribution < 1.29 is 34.2 Å². The lowest BCUT2D eigenvalue weighted by atomic mass is 10.1. The summed E-state index contributed by atoms with van der Waals surface area (Å²) in [7, 11) is 0. The summed E-state index contributed by atoms with van der Waals surface area (Å²) in [5, 5.41) is 24.8. The minimum absolute atomic E-state index is 0.000541. The fourth-order valence-electron chi connectivity index (χ4n) is 2.88. The van der Waals surface area contributed by atoms with Crippen LogP contribution < -0.4 is 21.7 Å². The maximum Gasteiger partial charge on any atom is 0.326 e. The van der Waals surface area contributed by atoms with Gasteiger partial charge in [0.25, 0.3) is 0 Å². The average molecular weight is 478 g/mol. The van der Waals surface area contributed by atoms with E-state index in [1.54, 1.807) is 0 Å². The van der Waals surface area contributed by atoms with Crippen molar-refractivity contribution in [2.24, 2.45) is 5.73 Å². The van der Waals surface area contributed by atoms with E-state index in [4.69, 9.17) is 15.9 Å². The van der Waals surface area contributed by atoms with E-state index < -0.39 is 60.2 Å². The number of hydrogen-bond donors (Lipinski definition) is 8. The van der Waals surface area contributed by atoms with Crippen LogP contribution in [0.5, 0.6) is 0 Å². The molecule has 0 bridgehead atoms. The molecule has 0 aromatic carbocycles. The van der Waals surface area contributed by atoms with Crippen molar-refractivity contribution in [1.29, 1.82) is 0 Å². The first kappa shape index (κ1) is 26.0. The number of aromatic nitrogens is 4. The van der Waals surface area contributed by atoms with Gasteiger partial charge in [-0.2, -0.15) is 0 Å². The minimum Gasteiger partial charge on any atom is -0.481 e. The van der Waals surface area contributed by atoms with Crippen LogP contribution in [0.4, 0.5) is 0 Å². The second-order valence-corrected chi connectivity index (χ2v) is 7.46. The van der Waals surface area contributed by atoms with Crippen LogP contribution in [0.1, 0.15) is 24.7 Å². The zero-order chi connectivity index (χ0) is 25.3. The third kappa shape index (κ3) is 8.01. The number of nitrogens with two attached hydrogens (primary N) is 1. The highest BCUT2D eigenvalue weighted by Gasteiger charge is 2.29. The first-order chi connectivity index (χ1) is 16.1. The normalized spacial score (nSPS) is 14.3. The lowest BCUT2D eigenvalue weighted by molar-refractivity contribution is -0.147. The number of hydrogen-bond acceptors (Lipinski definition) is 8. The smallest absolute Gasteiger partial charge is 0.326 e. The number of H-pyrrole nitrogens is 2. The Hall–Kier alpha value is -4.27. The summed E-state index contributed by atoms with van der Waals surface area (Å²) in [6.07, 6.45) is 5.09. The Bertz CT molecular complexity index is 992. The molecule has 2 aromatic rings. The predicted octanol–water partition coefficient (Wildman–Crippen LogP) is -2.72. The quantitative estimate of drug-likeness (QED) is 0.148. The van der Waals surface area contributed by atoms with Crippen LogP contribution >= 0.6 is 0 Å². The first-order valence-corrected chi connectivity index (χ1v) is 10.1. The molecule has 4 unspecified atom stereocenters. The molecular weight excluding hydrogens is 452 g/mol. The maximum atomic E-state index is 12.8. The van der Waals surface area contributed by atoms with Crippen molar-refractivity contribution >= 4 is 29.7 Å². The number of carboxylic acids is 2. The molecule has 2 heterocycles. The number of aromatic amines is 2. The highest BCUT2D eigenvalue weighted by molar-refractivity contribution is 5.94. The lowest BCUT2D eigenvalue weighted by Crippen LogP contribution is -2.57. The Morgan fingerprint density at radius 3 is 1.94 bits per heavy atom. The van der Waals surface area contributed by atoms with Crippen LogP contribution in [0.2, 0.25) is 0 Å². The van der Waals surface area contributed by atoms with Gasteiger partial charge >= 0.3 is 11.9 Å². The molecule has 34 heavy (non-hydrogen) atoms. The third-order valence-corrected chi connectivity index (χ3v) is 4.69. The molecule has 15 nitrogen and oxygen atoms in total. The van der Waals surface area contributed by atoms with Gasteiger partial charge in [-0.15, -0.1) is 0 Å². The molecule has 0 radical (unpaired) electrons. The average Bonchev–Trinajstić information content (AvgIpc) is 3.46. The zero-order valence-corrected chi connectivity index (χ0v) is 18.1. The Balaban J connectivity index is 2.04. The Kier molecular flexibility index (Phi) is 9.25.